The second-order valence-corrected chi connectivity index (χ2v) is 7.25. The molecule has 0 aromatic heterocycles. The Kier molecular flexibility index (Phi) is 6.14. The average molecular weight is 333 g/mol. The van der Waals surface area contributed by atoms with Gasteiger partial charge in [-0.1, -0.05) is 25.0 Å². The monoisotopic (exact) mass is 333 g/mol. The second kappa shape index (κ2) is 8.32. The highest BCUT2D eigenvalue weighted by atomic mass is 16.5. The van der Waals surface area contributed by atoms with Crippen LogP contribution in [0.25, 0.3) is 0 Å². The maximum absolute atomic E-state index is 9.82. The summed E-state index contributed by atoms with van der Waals surface area (Å²) in [5.41, 5.74) is 2.43. The minimum Gasteiger partial charge on any atom is -0.496 e. The Balaban J connectivity index is 1.52. The largest absolute Gasteiger partial charge is 0.496 e. The third-order valence-electron chi connectivity index (χ3n) is 5.53. The molecule has 0 bridgehead atoms. The molecule has 4 heteroatoms. The van der Waals surface area contributed by atoms with Crippen LogP contribution in [0.15, 0.2) is 18.2 Å². The van der Waals surface area contributed by atoms with Crippen LogP contribution in [0, 0.1) is 6.92 Å². The van der Waals surface area contributed by atoms with Gasteiger partial charge in [-0.2, -0.15) is 0 Å². The lowest BCUT2D eigenvalue weighted by Crippen LogP contribution is -2.46. The van der Waals surface area contributed by atoms with Crippen molar-refractivity contribution in [1.29, 1.82) is 0 Å². The topological polar surface area (TPSA) is 41.9 Å². The number of aliphatic hydroxyl groups excluding tert-OH is 1. The van der Waals surface area contributed by atoms with Crippen LogP contribution in [0.1, 0.15) is 43.2 Å². The Morgan fingerprint density at radius 1 is 1.21 bits per heavy atom. The molecule has 1 aromatic rings. The van der Waals surface area contributed by atoms with Gasteiger partial charge < -0.3 is 14.6 Å². The van der Waals surface area contributed by atoms with E-state index >= 15 is 0 Å². The number of aliphatic hydroxyl groups is 1. The van der Waals surface area contributed by atoms with E-state index in [9.17, 15) is 5.11 Å². The fourth-order valence-corrected chi connectivity index (χ4v) is 4.11. The average Bonchev–Trinajstić information content (AvgIpc) is 3.03. The first-order chi connectivity index (χ1) is 11.7. The van der Waals surface area contributed by atoms with Gasteiger partial charge in [0.25, 0.3) is 0 Å². The van der Waals surface area contributed by atoms with Crippen molar-refractivity contribution in [2.45, 2.75) is 63.7 Å². The molecular formula is C20H31NO3. The highest BCUT2D eigenvalue weighted by molar-refractivity contribution is 5.36. The van der Waals surface area contributed by atoms with Crippen molar-refractivity contribution in [1.82, 2.24) is 4.90 Å². The van der Waals surface area contributed by atoms with Crippen LogP contribution in [0.4, 0.5) is 0 Å². The van der Waals surface area contributed by atoms with E-state index in [-0.39, 0.29) is 6.10 Å². The highest BCUT2D eigenvalue weighted by Gasteiger charge is 2.34. The summed E-state index contributed by atoms with van der Waals surface area (Å²) in [6.07, 6.45) is 6.89. The van der Waals surface area contributed by atoms with E-state index < -0.39 is 0 Å². The summed E-state index contributed by atoms with van der Waals surface area (Å²) in [6.45, 7) is 4.65. The van der Waals surface area contributed by atoms with Crippen LogP contribution in [0.2, 0.25) is 0 Å². The first kappa shape index (κ1) is 17.7. The van der Waals surface area contributed by atoms with E-state index in [0.29, 0.717) is 12.1 Å². The summed E-state index contributed by atoms with van der Waals surface area (Å²) in [5, 5.41) is 9.82. The summed E-state index contributed by atoms with van der Waals surface area (Å²) < 4.78 is 11.7. The number of hydrogen-bond donors (Lipinski definition) is 1. The van der Waals surface area contributed by atoms with Gasteiger partial charge in [0.1, 0.15) is 5.75 Å². The van der Waals surface area contributed by atoms with Gasteiger partial charge in [-0.05, 0) is 49.8 Å². The number of benzene rings is 1. The van der Waals surface area contributed by atoms with Crippen LogP contribution in [0.5, 0.6) is 5.75 Å². The standard InChI is InChI=1S/C20H31NO3/c1-15-7-8-16(13-20(15)23-2)10-12-24-19-6-4-3-5-18(19)21-11-9-17(22)14-21/h7-8,13,17-19,22H,3-6,9-12,14H2,1-2H3/t17-,18-,19-/m1/s1. The Morgan fingerprint density at radius 3 is 2.79 bits per heavy atom. The molecule has 4 nitrogen and oxygen atoms in total. The molecule has 0 spiro atoms. The normalized spacial score (nSPS) is 28.2. The minimum atomic E-state index is -0.146. The van der Waals surface area contributed by atoms with E-state index in [2.05, 4.69) is 30.0 Å². The van der Waals surface area contributed by atoms with Gasteiger partial charge in [0, 0.05) is 19.1 Å². The number of nitrogens with zero attached hydrogens (tertiary/aromatic N) is 1. The molecule has 1 saturated carbocycles. The van der Waals surface area contributed by atoms with Crippen LogP contribution >= 0.6 is 0 Å². The van der Waals surface area contributed by atoms with Gasteiger partial charge >= 0.3 is 0 Å². The van der Waals surface area contributed by atoms with Crippen LogP contribution in [-0.2, 0) is 11.2 Å². The SMILES string of the molecule is COc1cc(CCO[C@@H]2CCCC[C@H]2N2CC[C@@H](O)C2)ccc1C. The summed E-state index contributed by atoms with van der Waals surface area (Å²) >= 11 is 0. The predicted molar refractivity (Wildman–Crippen MR) is 95.6 cm³/mol. The first-order valence-electron chi connectivity index (χ1n) is 9.34. The molecule has 134 valence electrons. The van der Waals surface area contributed by atoms with Crippen molar-refractivity contribution in [2.75, 3.05) is 26.8 Å². The fraction of sp³-hybridized carbons (Fsp3) is 0.700. The van der Waals surface area contributed by atoms with Gasteiger partial charge in [-0.3, -0.25) is 4.90 Å². The van der Waals surface area contributed by atoms with E-state index in [1.54, 1.807) is 7.11 Å². The third kappa shape index (κ3) is 4.29. The zero-order valence-electron chi connectivity index (χ0n) is 15.0. The number of β-amino-alcohol motifs (C(OH)–C–C–N with tert-alkyl or cyclic N) is 1. The Hall–Kier alpha value is -1.10. The summed E-state index contributed by atoms with van der Waals surface area (Å²) in [5.74, 6) is 0.953. The zero-order chi connectivity index (χ0) is 16.9. The molecule has 1 aromatic carbocycles. The maximum Gasteiger partial charge on any atom is 0.122 e. The van der Waals surface area contributed by atoms with Crippen LogP contribution < -0.4 is 4.74 Å². The second-order valence-electron chi connectivity index (χ2n) is 7.25. The molecule has 0 amide bonds. The van der Waals surface area contributed by atoms with Crippen LogP contribution in [-0.4, -0.2) is 55.1 Å². The Morgan fingerprint density at radius 2 is 2.04 bits per heavy atom. The molecule has 2 fully saturated rings. The molecule has 1 N–H and O–H groups in total. The lowest BCUT2D eigenvalue weighted by atomic mass is 9.91. The molecular weight excluding hydrogens is 302 g/mol. The number of hydrogen-bond acceptors (Lipinski definition) is 4. The smallest absolute Gasteiger partial charge is 0.122 e. The van der Waals surface area contributed by atoms with Gasteiger partial charge in [0.2, 0.25) is 0 Å². The lowest BCUT2D eigenvalue weighted by Gasteiger charge is -2.37. The molecule has 1 aliphatic heterocycles. The quantitative estimate of drug-likeness (QED) is 0.869. The molecule has 1 heterocycles. The molecule has 24 heavy (non-hydrogen) atoms. The van der Waals surface area contributed by atoms with Gasteiger partial charge in [0.05, 0.1) is 25.9 Å². The molecule has 0 unspecified atom stereocenters. The van der Waals surface area contributed by atoms with E-state index in [0.717, 1.165) is 44.7 Å². The van der Waals surface area contributed by atoms with E-state index in [1.807, 2.05) is 0 Å². The fourth-order valence-electron chi connectivity index (χ4n) is 4.11. The van der Waals surface area contributed by atoms with Gasteiger partial charge in [0.15, 0.2) is 0 Å². The number of ether oxygens (including phenoxy) is 2. The Bertz CT molecular complexity index is 534. The van der Waals surface area contributed by atoms with E-state index in [1.165, 1.54) is 30.4 Å². The molecule has 2 aliphatic rings. The molecule has 3 rings (SSSR count). The van der Waals surface area contributed by atoms with Crippen molar-refractivity contribution in [3.63, 3.8) is 0 Å². The van der Waals surface area contributed by atoms with Crippen molar-refractivity contribution in [3.05, 3.63) is 29.3 Å². The van der Waals surface area contributed by atoms with Crippen molar-refractivity contribution in [3.8, 4) is 5.75 Å². The highest BCUT2D eigenvalue weighted by Crippen LogP contribution is 2.28. The first-order valence-corrected chi connectivity index (χ1v) is 9.34. The number of methoxy groups -OCH3 is 1. The third-order valence-corrected chi connectivity index (χ3v) is 5.53. The Labute approximate surface area is 145 Å². The maximum atomic E-state index is 9.82. The van der Waals surface area contributed by atoms with Gasteiger partial charge in [-0.25, -0.2) is 0 Å². The number of likely N-dealkylation sites (tertiary alicyclic amines) is 1. The number of aryl methyl sites for hydroxylation is 1. The minimum absolute atomic E-state index is 0.146. The van der Waals surface area contributed by atoms with Crippen LogP contribution in [0.3, 0.4) is 0 Å². The summed E-state index contributed by atoms with van der Waals surface area (Å²) in [6, 6.07) is 6.89. The van der Waals surface area contributed by atoms with Gasteiger partial charge in [-0.15, -0.1) is 0 Å². The van der Waals surface area contributed by atoms with E-state index in [4.69, 9.17) is 9.47 Å². The zero-order valence-corrected chi connectivity index (χ0v) is 15.0. The molecule has 3 atom stereocenters. The van der Waals surface area contributed by atoms with Crippen molar-refractivity contribution >= 4 is 0 Å². The predicted octanol–water partition coefficient (Wildman–Crippen LogP) is 2.94. The molecule has 1 aliphatic carbocycles. The number of rotatable bonds is 6. The summed E-state index contributed by atoms with van der Waals surface area (Å²) in [7, 11) is 1.72. The van der Waals surface area contributed by atoms with Crippen molar-refractivity contribution < 1.29 is 14.6 Å². The summed E-state index contributed by atoms with van der Waals surface area (Å²) in [4.78, 5) is 2.45. The lowest BCUT2D eigenvalue weighted by molar-refractivity contribution is -0.0316. The van der Waals surface area contributed by atoms with Crippen molar-refractivity contribution in [2.24, 2.45) is 0 Å². The molecule has 0 radical (unpaired) electrons. The molecule has 1 saturated heterocycles.